The maximum absolute atomic E-state index is 12.6. The Morgan fingerprint density at radius 3 is 2.56 bits per heavy atom. The zero-order chi connectivity index (χ0) is 12.3. The van der Waals surface area contributed by atoms with Crippen molar-refractivity contribution in [1.29, 1.82) is 0 Å². The fourth-order valence-electron chi connectivity index (χ4n) is 5.29. The zero-order valence-corrected chi connectivity index (χ0v) is 11.6. The van der Waals surface area contributed by atoms with Crippen molar-refractivity contribution < 1.29 is 4.79 Å². The van der Waals surface area contributed by atoms with Gasteiger partial charge in [0.2, 0.25) is 5.91 Å². The topological polar surface area (TPSA) is 20.3 Å². The highest BCUT2D eigenvalue weighted by Gasteiger charge is 2.68. The minimum atomic E-state index is 0.436. The highest BCUT2D eigenvalue weighted by Crippen LogP contribution is 2.69. The molecule has 3 heteroatoms. The molecule has 2 nitrogen and oxygen atoms in total. The van der Waals surface area contributed by atoms with Gasteiger partial charge in [-0.05, 0) is 61.7 Å². The molecule has 4 aliphatic rings. The summed E-state index contributed by atoms with van der Waals surface area (Å²) in [7, 11) is 0. The Bertz CT molecular complexity index is 356. The van der Waals surface area contributed by atoms with Crippen LogP contribution >= 0.6 is 11.6 Å². The summed E-state index contributed by atoms with van der Waals surface area (Å²) < 4.78 is 0. The molecule has 0 spiro atoms. The SMILES string of the molecule is O=C(C1C2C3CCC(C3)C12)N1CCC(CCCl)C1. The van der Waals surface area contributed by atoms with Crippen molar-refractivity contribution in [2.45, 2.75) is 32.1 Å². The number of hydrogen-bond acceptors (Lipinski definition) is 1. The number of rotatable bonds is 3. The molecular weight excluding hydrogens is 246 g/mol. The van der Waals surface area contributed by atoms with E-state index in [9.17, 15) is 4.79 Å². The third-order valence-corrected chi connectivity index (χ3v) is 6.35. The lowest BCUT2D eigenvalue weighted by molar-refractivity contribution is -0.132. The Morgan fingerprint density at radius 1 is 1.17 bits per heavy atom. The van der Waals surface area contributed by atoms with Crippen LogP contribution in [0.3, 0.4) is 0 Å². The van der Waals surface area contributed by atoms with Gasteiger partial charge in [-0.25, -0.2) is 0 Å². The van der Waals surface area contributed by atoms with Gasteiger partial charge in [-0.2, -0.15) is 0 Å². The van der Waals surface area contributed by atoms with E-state index < -0.39 is 0 Å². The molecule has 2 bridgehead atoms. The molecule has 5 atom stereocenters. The standard InChI is InChI=1S/C15H22ClNO/c16-5-3-9-4-6-17(8-9)15(18)14-12-10-1-2-11(7-10)13(12)14/h9-14H,1-8H2. The average molecular weight is 268 g/mol. The fourth-order valence-corrected chi connectivity index (χ4v) is 5.60. The van der Waals surface area contributed by atoms with Gasteiger partial charge >= 0.3 is 0 Å². The number of likely N-dealkylation sites (tertiary alicyclic amines) is 1. The number of halogens is 1. The zero-order valence-electron chi connectivity index (χ0n) is 10.9. The van der Waals surface area contributed by atoms with Gasteiger partial charge in [0.05, 0.1) is 0 Å². The molecular formula is C15H22ClNO. The Kier molecular flexibility index (Phi) is 2.65. The molecule has 0 radical (unpaired) electrons. The van der Waals surface area contributed by atoms with Crippen LogP contribution in [0.2, 0.25) is 0 Å². The van der Waals surface area contributed by atoms with Crippen LogP contribution in [-0.4, -0.2) is 29.8 Å². The second kappa shape index (κ2) is 4.13. The molecule has 1 aliphatic heterocycles. The number of alkyl halides is 1. The molecule has 3 saturated carbocycles. The maximum atomic E-state index is 12.6. The van der Waals surface area contributed by atoms with Crippen molar-refractivity contribution in [3.63, 3.8) is 0 Å². The smallest absolute Gasteiger partial charge is 0.226 e. The first-order valence-corrected chi connectivity index (χ1v) is 8.18. The summed E-state index contributed by atoms with van der Waals surface area (Å²) in [5.41, 5.74) is 0. The predicted molar refractivity (Wildman–Crippen MR) is 71.3 cm³/mol. The normalized spacial score (nSPS) is 48.6. The number of nitrogens with zero attached hydrogens (tertiary/aromatic N) is 1. The van der Waals surface area contributed by atoms with Crippen LogP contribution in [-0.2, 0) is 4.79 Å². The van der Waals surface area contributed by atoms with Crippen molar-refractivity contribution in [3.05, 3.63) is 0 Å². The summed E-state index contributed by atoms with van der Waals surface area (Å²) in [5.74, 6) is 5.76. The minimum absolute atomic E-state index is 0.436. The number of carbonyl (C=O) groups excluding carboxylic acids is 1. The second-order valence-corrected chi connectivity index (χ2v) is 7.31. The number of fused-ring (bicyclic) bond motifs is 5. The van der Waals surface area contributed by atoms with Gasteiger partial charge in [-0.1, -0.05) is 0 Å². The van der Waals surface area contributed by atoms with Crippen LogP contribution in [0.4, 0.5) is 0 Å². The molecule has 0 aromatic carbocycles. The Hall–Kier alpha value is -0.240. The molecule has 4 fully saturated rings. The molecule has 1 heterocycles. The number of carbonyl (C=O) groups is 1. The van der Waals surface area contributed by atoms with Gasteiger partial charge in [0.1, 0.15) is 0 Å². The monoisotopic (exact) mass is 267 g/mol. The van der Waals surface area contributed by atoms with Crippen molar-refractivity contribution in [2.24, 2.45) is 35.5 Å². The largest absolute Gasteiger partial charge is 0.342 e. The van der Waals surface area contributed by atoms with Crippen LogP contribution in [0.1, 0.15) is 32.1 Å². The minimum Gasteiger partial charge on any atom is -0.342 e. The molecule has 1 amide bonds. The molecule has 0 N–H and O–H groups in total. The molecule has 5 unspecified atom stereocenters. The molecule has 1 saturated heterocycles. The lowest BCUT2D eigenvalue weighted by Gasteiger charge is -2.18. The molecule has 18 heavy (non-hydrogen) atoms. The molecule has 0 aromatic rings. The third kappa shape index (κ3) is 1.57. The van der Waals surface area contributed by atoms with Crippen molar-refractivity contribution in [1.82, 2.24) is 4.90 Å². The molecule has 100 valence electrons. The van der Waals surface area contributed by atoms with E-state index in [1.165, 1.54) is 25.7 Å². The van der Waals surface area contributed by atoms with Crippen molar-refractivity contribution in [3.8, 4) is 0 Å². The Labute approximate surface area is 114 Å². The van der Waals surface area contributed by atoms with E-state index in [2.05, 4.69) is 4.90 Å². The van der Waals surface area contributed by atoms with Crippen LogP contribution in [0.5, 0.6) is 0 Å². The fraction of sp³-hybridized carbons (Fsp3) is 0.933. The van der Waals surface area contributed by atoms with Crippen LogP contribution in [0, 0.1) is 35.5 Å². The van der Waals surface area contributed by atoms with E-state index in [1.54, 1.807) is 0 Å². The predicted octanol–water partition coefficient (Wildman–Crippen LogP) is 2.76. The highest BCUT2D eigenvalue weighted by atomic mass is 35.5. The van der Waals surface area contributed by atoms with Gasteiger partial charge in [-0.15, -0.1) is 11.6 Å². The summed E-state index contributed by atoms with van der Waals surface area (Å²) in [5, 5.41) is 0. The number of hydrogen-bond donors (Lipinski definition) is 0. The van der Waals surface area contributed by atoms with E-state index in [0.29, 0.717) is 17.7 Å². The lowest BCUT2D eigenvalue weighted by Crippen LogP contribution is -2.32. The summed E-state index contributed by atoms with van der Waals surface area (Å²) in [6, 6.07) is 0. The first-order valence-electron chi connectivity index (χ1n) is 7.64. The molecule has 4 rings (SSSR count). The first kappa shape index (κ1) is 11.6. The van der Waals surface area contributed by atoms with Gasteiger partial charge in [0, 0.05) is 24.9 Å². The highest BCUT2D eigenvalue weighted by molar-refractivity contribution is 6.17. The molecule has 0 aromatic heterocycles. The summed E-state index contributed by atoms with van der Waals surface area (Å²) >= 11 is 5.80. The van der Waals surface area contributed by atoms with Crippen LogP contribution in [0.15, 0.2) is 0 Å². The summed E-state index contributed by atoms with van der Waals surface area (Å²) in [4.78, 5) is 14.7. The quantitative estimate of drug-likeness (QED) is 0.720. The van der Waals surface area contributed by atoms with E-state index >= 15 is 0 Å². The van der Waals surface area contributed by atoms with Gasteiger partial charge < -0.3 is 4.90 Å². The van der Waals surface area contributed by atoms with Crippen molar-refractivity contribution >= 4 is 17.5 Å². The Balaban J connectivity index is 1.38. The Morgan fingerprint density at radius 2 is 1.89 bits per heavy atom. The van der Waals surface area contributed by atoms with Gasteiger partial charge in [0.25, 0.3) is 0 Å². The second-order valence-electron chi connectivity index (χ2n) is 6.93. The van der Waals surface area contributed by atoms with Gasteiger partial charge in [-0.3, -0.25) is 4.79 Å². The third-order valence-electron chi connectivity index (χ3n) is 6.14. The summed E-state index contributed by atoms with van der Waals surface area (Å²) in [6.07, 6.45) is 6.50. The van der Waals surface area contributed by atoms with E-state index in [4.69, 9.17) is 11.6 Å². The molecule has 3 aliphatic carbocycles. The van der Waals surface area contributed by atoms with Crippen molar-refractivity contribution in [2.75, 3.05) is 19.0 Å². The summed E-state index contributed by atoms with van der Waals surface area (Å²) in [6.45, 7) is 1.97. The van der Waals surface area contributed by atoms with E-state index in [0.717, 1.165) is 49.1 Å². The van der Waals surface area contributed by atoms with Crippen LogP contribution < -0.4 is 0 Å². The van der Waals surface area contributed by atoms with Gasteiger partial charge in [0.15, 0.2) is 0 Å². The van der Waals surface area contributed by atoms with E-state index in [1.807, 2.05) is 0 Å². The lowest BCUT2D eigenvalue weighted by atomic mass is 10.0. The number of amides is 1. The average Bonchev–Trinajstić information content (AvgIpc) is 2.76. The van der Waals surface area contributed by atoms with Crippen LogP contribution in [0.25, 0.3) is 0 Å². The van der Waals surface area contributed by atoms with E-state index in [-0.39, 0.29) is 0 Å². The maximum Gasteiger partial charge on any atom is 0.226 e. The first-order chi connectivity index (χ1) is 8.79.